The van der Waals surface area contributed by atoms with Gasteiger partial charge in [0.2, 0.25) is 5.91 Å². The number of anilines is 2. The lowest BCUT2D eigenvalue weighted by atomic mass is 10.1. The largest absolute Gasteiger partial charge is 0.497 e. The van der Waals surface area contributed by atoms with Gasteiger partial charge in [0.25, 0.3) is 11.8 Å². The van der Waals surface area contributed by atoms with Crippen molar-refractivity contribution < 1.29 is 19.1 Å². The second-order valence-electron chi connectivity index (χ2n) is 8.80. The molecule has 0 radical (unpaired) electrons. The van der Waals surface area contributed by atoms with Gasteiger partial charge in [0, 0.05) is 28.4 Å². The van der Waals surface area contributed by atoms with Crippen molar-refractivity contribution in [2.24, 2.45) is 0 Å². The van der Waals surface area contributed by atoms with E-state index >= 15 is 0 Å². The molecule has 1 saturated heterocycles. The minimum atomic E-state index is -0.584. The third-order valence-corrected chi connectivity index (χ3v) is 6.45. The Morgan fingerprint density at radius 1 is 1.05 bits per heavy atom. The monoisotopic (exact) mass is 524 g/mol. The summed E-state index contributed by atoms with van der Waals surface area (Å²) in [5.74, 6) is -0.696. The number of nitrogens with zero attached hydrogens (tertiary/aromatic N) is 2. The summed E-state index contributed by atoms with van der Waals surface area (Å²) in [6.07, 6.45) is 3.30. The van der Waals surface area contributed by atoms with Crippen molar-refractivity contribution in [3.05, 3.63) is 95.7 Å². The summed E-state index contributed by atoms with van der Waals surface area (Å²) in [5, 5.41) is 6.31. The number of fused-ring (bicyclic) bond motifs is 1. The quantitative estimate of drug-likeness (QED) is 0.221. The van der Waals surface area contributed by atoms with Crippen LogP contribution >= 0.6 is 12.2 Å². The van der Waals surface area contributed by atoms with Crippen molar-refractivity contribution in [2.45, 2.75) is 13.5 Å². The highest BCUT2D eigenvalue weighted by molar-refractivity contribution is 7.80. The lowest BCUT2D eigenvalue weighted by Gasteiger charge is -2.29. The molecule has 3 amide bonds. The summed E-state index contributed by atoms with van der Waals surface area (Å²) >= 11 is 5.30. The van der Waals surface area contributed by atoms with E-state index in [-0.39, 0.29) is 23.1 Å². The maximum atomic E-state index is 13.5. The fourth-order valence-electron chi connectivity index (χ4n) is 4.38. The minimum absolute atomic E-state index is 0.00225. The van der Waals surface area contributed by atoms with Gasteiger partial charge in [0.1, 0.15) is 17.9 Å². The molecule has 0 spiro atoms. The Hall–Kier alpha value is -4.76. The van der Waals surface area contributed by atoms with Crippen LogP contribution in [0.2, 0.25) is 0 Å². The molecule has 0 bridgehead atoms. The van der Waals surface area contributed by atoms with E-state index in [0.717, 1.165) is 16.5 Å². The van der Waals surface area contributed by atoms with Gasteiger partial charge in [-0.3, -0.25) is 24.6 Å². The van der Waals surface area contributed by atoms with Gasteiger partial charge in [-0.2, -0.15) is 0 Å². The fourth-order valence-corrected chi connectivity index (χ4v) is 4.66. The van der Waals surface area contributed by atoms with E-state index in [2.05, 4.69) is 10.6 Å². The molecule has 190 valence electrons. The van der Waals surface area contributed by atoms with E-state index in [0.29, 0.717) is 22.7 Å². The molecule has 4 aromatic rings. The molecule has 0 atom stereocenters. The van der Waals surface area contributed by atoms with Crippen molar-refractivity contribution in [2.75, 3.05) is 17.3 Å². The molecule has 2 heterocycles. The highest BCUT2D eigenvalue weighted by Crippen LogP contribution is 2.27. The van der Waals surface area contributed by atoms with Gasteiger partial charge in [0.15, 0.2) is 5.11 Å². The molecule has 1 aliphatic heterocycles. The van der Waals surface area contributed by atoms with Gasteiger partial charge in [-0.25, -0.2) is 0 Å². The SMILES string of the molecule is COc1ccc(N2C(=O)/C(=C/c3cn(CC(=O)Nc4cccc(C)c4)c4ccccc34)C(=O)NC2=S)cc1. The zero-order valence-corrected chi connectivity index (χ0v) is 21.5. The number of carbonyl (C=O) groups is 3. The van der Waals surface area contributed by atoms with E-state index in [4.69, 9.17) is 17.0 Å². The van der Waals surface area contributed by atoms with Gasteiger partial charge in [-0.1, -0.05) is 30.3 Å². The van der Waals surface area contributed by atoms with E-state index in [9.17, 15) is 14.4 Å². The van der Waals surface area contributed by atoms with Crippen molar-refractivity contribution >= 4 is 63.4 Å². The normalized spacial score (nSPS) is 14.6. The first kappa shape index (κ1) is 24.9. The van der Waals surface area contributed by atoms with Crippen molar-refractivity contribution in [1.29, 1.82) is 0 Å². The van der Waals surface area contributed by atoms with E-state index in [1.807, 2.05) is 55.5 Å². The summed E-state index contributed by atoms with van der Waals surface area (Å²) in [5.41, 5.74) is 3.62. The molecule has 1 aromatic heterocycles. The van der Waals surface area contributed by atoms with Gasteiger partial charge >= 0.3 is 0 Å². The molecule has 0 unspecified atom stereocenters. The van der Waals surface area contributed by atoms with Crippen LogP contribution < -0.4 is 20.3 Å². The zero-order valence-electron chi connectivity index (χ0n) is 20.7. The molecule has 38 heavy (non-hydrogen) atoms. The van der Waals surface area contributed by atoms with Crippen LogP contribution in [0, 0.1) is 6.92 Å². The Morgan fingerprint density at radius 3 is 2.55 bits per heavy atom. The molecular weight excluding hydrogens is 500 g/mol. The maximum Gasteiger partial charge on any atom is 0.270 e. The summed E-state index contributed by atoms with van der Waals surface area (Å²) in [7, 11) is 1.55. The Bertz CT molecular complexity index is 1620. The Morgan fingerprint density at radius 2 is 1.82 bits per heavy atom. The fraction of sp³-hybridized carbons (Fsp3) is 0.103. The molecular formula is C29H24N4O4S. The van der Waals surface area contributed by atoms with Crippen LogP contribution in [0.4, 0.5) is 11.4 Å². The number of nitrogens with one attached hydrogen (secondary N) is 2. The zero-order chi connectivity index (χ0) is 26.8. The van der Waals surface area contributed by atoms with E-state index < -0.39 is 11.8 Å². The van der Waals surface area contributed by atoms with Gasteiger partial charge in [0.05, 0.1) is 12.8 Å². The Balaban J connectivity index is 1.47. The van der Waals surface area contributed by atoms with Crippen LogP contribution in [-0.4, -0.2) is 34.5 Å². The molecule has 0 aliphatic carbocycles. The van der Waals surface area contributed by atoms with Crippen LogP contribution in [0.5, 0.6) is 5.75 Å². The predicted octanol–water partition coefficient (Wildman–Crippen LogP) is 4.43. The number of thiocarbonyl (C=S) groups is 1. The second-order valence-corrected chi connectivity index (χ2v) is 9.19. The molecule has 3 aromatic carbocycles. The highest BCUT2D eigenvalue weighted by atomic mass is 32.1. The maximum absolute atomic E-state index is 13.5. The number of carbonyl (C=O) groups excluding carboxylic acids is 3. The number of amides is 3. The van der Waals surface area contributed by atoms with Crippen LogP contribution in [0.15, 0.2) is 84.6 Å². The Labute approximate surface area is 224 Å². The highest BCUT2D eigenvalue weighted by Gasteiger charge is 2.34. The predicted molar refractivity (Wildman–Crippen MR) is 151 cm³/mol. The van der Waals surface area contributed by atoms with E-state index in [1.54, 1.807) is 42.1 Å². The average molecular weight is 525 g/mol. The third kappa shape index (κ3) is 4.91. The van der Waals surface area contributed by atoms with Crippen molar-refractivity contribution in [3.63, 3.8) is 0 Å². The lowest BCUT2D eigenvalue weighted by molar-refractivity contribution is -0.122. The summed E-state index contributed by atoms with van der Waals surface area (Å²) in [4.78, 5) is 40.4. The van der Waals surface area contributed by atoms with Crippen LogP contribution in [-0.2, 0) is 20.9 Å². The molecule has 8 nitrogen and oxygen atoms in total. The lowest BCUT2D eigenvalue weighted by Crippen LogP contribution is -2.54. The van der Waals surface area contributed by atoms with Gasteiger partial charge in [-0.05, 0) is 73.2 Å². The molecule has 9 heteroatoms. The number of aromatic nitrogens is 1. The van der Waals surface area contributed by atoms with Gasteiger partial charge in [-0.15, -0.1) is 0 Å². The number of methoxy groups -OCH3 is 1. The molecule has 1 fully saturated rings. The van der Waals surface area contributed by atoms with Crippen LogP contribution in [0.1, 0.15) is 11.1 Å². The number of rotatable bonds is 6. The van der Waals surface area contributed by atoms with Crippen LogP contribution in [0.25, 0.3) is 17.0 Å². The topological polar surface area (TPSA) is 92.7 Å². The molecule has 2 N–H and O–H groups in total. The molecule has 1 aliphatic rings. The first-order valence-corrected chi connectivity index (χ1v) is 12.2. The standard InChI is InChI=1S/C29H24N4O4S/c1-18-6-5-7-20(14-18)30-26(34)17-32-16-19(23-8-3-4-9-25(23)32)15-24-27(35)31-29(38)33(28(24)36)21-10-12-22(37-2)13-11-21/h3-16H,17H2,1-2H3,(H,30,34)(H,31,35,38)/b24-15+. The summed E-state index contributed by atoms with van der Waals surface area (Å²) in [6, 6.07) is 21.9. The summed E-state index contributed by atoms with van der Waals surface area (Å²) < 4.78 is 6.98. The number of benzene rings is 3. The van der Waals surface area contributed by atoms with E-state index in [1.165, 1.54) is 11.0 Å². The minimum Gasteiger partial charge on any atom is -0.497 e. The molecule has 0 saturated carbocycles. The number of hydrogen-bond acceptors (Lipinski definition) is 5. The number of ether oxygens (including phenoxy) is 1. The number of hydrogen-bond donors (Lipinski definition) is 2. The summed E-state index contributed by atoms with van der Waals surface area (Å²) in [6.45, 7) is 2.01. The Kier molecular flexibility index (Phi) is 6.76. The average Bonchev–Trinajstić information content (AvgIpc) is 3.23. The first-order valence-electron chi connectivity index (χ1n) is 11.8. The molecule has 5 rings (SSSR count). The first-order chi connectivity index (χ1) is 18.3. The van der Waals surface area contributed by atoms with Gasteiger partial charge < -0.3 is 14.6 Å². The third-order valence-electron chi connectivity index (χ3n) is 6.17. The number of para-hydroxylation sites is 1. The van der Waals surface area contributed by atoms with Crippen molar-refractivity contribution in [3.8, 4) is 5.75 Å². The number of aryl methyl sites for hydroxylation is 1. The van der Waals surface area contributed by atoms with Crippen molar-refractivity contribution in [1.82, 2.24) is 9.88 Å². The van der Waals surface area contributed by atoms with Crippen LogP contribution in [0.3, 0.4) is 0 Å². The smallest absolute Gasteiger partial charge is 0.270 e. The second kappa shape index (κ2) is 10.3.